The molecular formula is C24H19N3O3S. The number of hydrogen-bond acceptors (Lipinski definition) is 4. The molecule has 0 bridgehead atoms. The van der Waals surface area contributed by atoms with E-state index in [9.17, 15) is 9.59 Å². The molecule has 0 aliphatic rings. The predicted molar refractivity (Wildman–Crippen MR) is 125 cm³/mol. The van der Waals surface area contributed by atoms with E-state index in [4.69, 9.17) is 16.6 Å². The van der Waals surface area contributed by atoms with Gasteiger partial charge in [-0.05, 0) is 61.6 Å². The summed E-state index contributed by atoms with van der Waals surface area (Å²) in [6.45, 7) is 1.95. The second kappa shape index (κ2) is 8.81. The highest BCUT2D eigenvalue weighted by Crippen LogP contribution is 2.21. The summed E-state index contributed by atoms with van der Waals surface area (Å²) in [5.74, 6) is -0.434. The van der Waals surface area contributed by atoms with Crippen molar-refractivity contribution in [3.05, 3.63) is 95.7 Å². The monoisotopic (exact) mass is 429 g/mol. The van der Waals surface area contributed by atoms with Gasteiger partial charge in [0.25, 0.3) is 11.8 Å². The molecule has 2 amide bonds. The molecule has 0 aliphatic heterocycles. The molecule has 0 aliphatic carbocycles. The number of carbonyl (C=O) groups excluding carboxylic acids is 2. The molecule has 0 saturated heterocycles. The fourth-order valence-corrected chi connectivity index (χ4v) is 3.21. The van der Waals surface area contributed by atoms with Crippen LogP contribution in [0.2, 0.25) is 0 Å². The van der Waals surface area contributed by atoms with Crippen LogP contribution in [0.1, 0.15) is 26.5 Å². The molecule has 4 aromatic rings. The number of nitrogens with one attached hydrogen (secondary N) is 3. The van der Waals surface area contributed by atoms with Crippen molar-refractivity contribution in [1.29, 1.82) is 0 Å². The van der Waals surface area contributed by atoms with E-state index in [-0.39, 0.29) is 22.7 Å². The van der Waals surface area contributed by atoms with Crippen molar-refractivity contribution < 1.29 is 14.0 Å². The molecule has 0 atom stereocenters. The van der Waals surface area contributed by atoms with Gasteiger partial charge in [-0.3, -0.25) is 14.9 Å². The maximum atomic E-state index is 12.5. The van der Waals surface area contributed by atoms with Crippen LogP contribution in [0.15, 0.2) is 83.3 Å². The normalized spacial score (nSPS) is 10.5. The van der Waals surface area contributed by atoms with Crippen LogP contribution in [0.25, 0.3) is 11.0 Å². The minimum Gasteiger partial charge on any atom is -0.451 e. The maximum absolute atomic E-state index is 12.5. The van der Waals surface area contributed by atoms with Gasteiger partial charge in [-0.1, -0.05) is 42.0 Å². The molecule has 6 nitrogen and oxygen atoms in total. The van der Waals surface area contributed by atoms with Crippen LogP contribution in [-0.2, 0) is 0 Å². The Balaban J connectivity index is 1.39. The van der Waals surface area contributed by atoms with Crippen LogP contribution in [0.5, 0.6) is 0 Å². The second-order valence-electron chi connectivity index (χ2n) is 6.96. The van der Waals surface area contributed by atoms with Gasteiger partial charge in [0.1, 0.15) is 5.58 Å². The molecule has 3 N–H and O–H groups in total. The first-order chi connectivity index (χ1) is 15.0. The highest BCUT2D eigenvalue weighted by Gasteiger charge is 2.13. The highest BCUT2D eigenvalue weighted by molar-refractivity contribution is 7.80. The van der Waals surface area contributed by atoms with E-state index in [1.54, 1.807) is 42.5 Å². The lowest BCUT2D eigenvalue weighted by atomic mass is 10.1. The van der Waals surface area contributed by atoms with Gasteiger partial charge in [-0.15, -0.1) is 0 Å². The molecule has 0 saturated carbocycles. The molecule has 1 aromatic heterocycles. The Hall–Kier alpha value is -3.97. The molecule has 0 fully saturated rings. The summed E-state index contributed by atoms with van der Waals surface area (Å²) >= 11 is 5.24. The SMILES string of the molecule is Cc1ccc(C(=O)NC(=S)Nc2cccc(NC(=O)c3cc4ccccc4o3)c2)cc1. The van der Waals surface area contributed by atoms with E-state index in [0.29, 0.717) is 22.5 Å². The quantitative estimate of drug-likeness (QED) is 0.392. The number of carbonyl (C=O) groups is 2. The molecule has 154 valence electrons. The zero-order chi connectivity index (χ0) is 21.8. The molecule has 7 heteroatoms. The number of para-hydroxylation sites is 1. The number of hydrogen-bond donors (Lipinski definition) is 3. The van der Waals surface area contributed by atoms with E-state index in [0.717, 1.165) is 10.9 Å². The third kappa shape index (κ3) is 4.96. The molecule has 1 heterocycles. The van der Waals surface area contributed by atoms with Crippen LogP contribution in [0.4, 0.5) is 11.4 Å². The summed E-state index contributed by atoms with van der Waals surface area (Å²) in [6, 6.07) is 23.3. The molecule has 0 radical (unpaired) electrons. The number of benzene rings is 3. The van der Waals surface area contributed by atoms with E-state index < -0.39 is 0 Å². The second-order valence-corrected chi connectivity index (χ2v) is 7.37. The summed E-state index contributed by atoms with van der Waals surface area (Å²) < 4.78 is 5.59. The highest BCUT2D eigenvalue weighted by atomic mass is 32.1. The minimum absolute atomic E-state index is 0.159. The van der Waals surface area contributed by atoms with Gasteiger partial charge in [0.05, 0.1) is 0 Å². The largest absolute Gasteiger partial charge is 0.451 e. The van der Waals surface area contributed by atoms with Crippen LogP contribution in [0, 0.1) is 6.92 Å². The Morgan fingerprint density at radius 1 is 0.806 bits per heavy atom. The van der Waals surface area contributed by atoms with Crippen molar-refractivity contribution in [3.63, 3.8) is 0 Å². The topological polar surface area (TPSA) is 83.4 Å². The van der Waals surface area contributed by atoms with Crippen LogP contribution in [-0.4, -0.2) is 16.9 Å². The third-order valence-electron chi connectivity index (χ3n) is 4.57. The first kappa shape index (κ1) is 20.3. The molecule has 3 aromatic carbocycles. The van der Waals surface area contributed by atoms with Crippen molar-refractivity contribution in [2.75, 3.05) is 10.6 Å². The molecule has 0 unspecified atom stereocenters. The van der Waals surface area contributed by atoms with Gasteiger partial charge in [0.15, 0.2) is 10.9 Å². The number of furan rings is 1. The zero-order valence-corrected chi connectivity index (χ0v) is 17.5. The average Bonchev–Trinajstić information content (AvgIpc) is 3.19. The van der Waals surface area contributed by atoms with Crippen molar-refractivity contribution in [2.45, 2.75) is 6.92 Å². The van der Waals surface area contributed by atoms with Crippen molar-refractivity contribution >= 4 is 51.5 Å². The van der Waals surface area contributed by atoms with E-state index >= 15 is 0 Å². The van der Waals surface area contributed by atoms with Gasteiger partial charge in [-0.2, -0.15) is 0 Å². The van der Waals surface area contributed by atoms with Crippen LogP contribution in [0.3, 0.4) is 0 Å². The fourth-order valence-electron chi connectivity index (χ4n) is 3.00. The summed E-state index contributed by atoms with van der Waals surface area (Å²) in [7, 11) is 0. The van der Waals surface area contributed by atoms with Crippen molar-refractivity contribution in [2.24, 2.45) is 0 Å². The summed E-state index contributed by atoms with van der Waals surface area (Å²) in [5, 5.41) is 9.42. The number of aryl methyl sites for hydroxylation is 1. The first-order valence-corrected chi connectivity index (χ1v) is 9.98. The lowest BCUT2D eigenvalue weighted by Gasteiger charge is -2.11. The van der Waals surface area contributed by atoms with E-state index in [2.05, 4.69) is 16.0 Å². The van der Waals surface area contributed by atoms with Gasteiger partial charge in [-0.25, -0.2) is 0 Å². The van der Waals surface area contributed by atoms with E-state index in [1.807, 2.05) is 43.3 Å². The zero-order valence-electron chi connectivity index (χ0n) is 16.6. The molecule has 0 spiro atoms. The van der Waals surface area contributed by atoms with Crippen LogP contribution < -0.4 is 16.0 Å². The Morgan fingerprint density at radius 2 is 1.52 bits per heavy atom. The number of rotatable bonds is 4. The molecular weight excluding hydrogens is 410 g/mol. The van der Waals surface area contributed by atoms with Gasteiger partial charge < -0.3 is 15.1 Å². The Bertz CT molecular complexity index is 1250. The standard InChI is InChI=1S/C24H19N3O3S/c1-15-9-11-16(12-10-15)22(28)27-24(31)26-19-7-4-6-18(14-19)25-23(29)21-13-17-5-2-3-8-20(17)30-21/h2-14H,1H3,(H,25,29)(H2,26,27,28,31). The molecule has 4 rings (SSSR count). The predicted octanol–water partition coefficient (Wildman–Crippen LogP) is 5.12. The average molecular weight is 430 g/mol. The van der Waals surface area contributed by atoms with Gasteiger partial charge >= 0.3 is 0 Å². The number of anilines is 2. The summed E-state index contributed by atoms with van der Waals surface area (Å²) in [4.78, 5) is 24.8. The maximum Gasteiger partial charge on any atom is 0.291 e. The number of thiocarbonyl (C=S) groups is 1. The van der Waals surface area contributed by atoms with Gasteiger partial charge in [0.2, 0.25) is 0 Å². The van der Waals surface area contributed by atoms with Crippen LogP contribution >= 0.6 is 12.2 Å². The van der Waals surface area contributed by atoms with E-state index in [1.165, 1.54) is 0 Å². The Kier molecular flexibility index (Phi) is 5.77. The Morgan fingerprint density at radius 3 is 2.26 bits per heavy atom. The smallest absolute Gasteiger partial charge is 0.291 e. The van der Waals surface area contributed by atoms with Crippen molar-refractivity contribution in [1.82, 2.24) is 5.32 Å². The van der Waals surface area contributed by atoms with Gasteiger partial charge in [0, 0.05) is 22.3 Å². The fraction of sp³-hybridized carbons (Fsp3) is 0.0417. The summed E-state index contributed by atoms with van der Waals surface area (Å²) in [6.07, 6.45) is 0. The molecule has 31 heavy (non-hydrogen) atoms. The lowest BCUT2D eigenvalue weighted by molar-refractivity contribution is 0.0975. The summed E-state index contributed by atoms with van der Waals surface area (Å²) in [5.41, 5.74) is 3.41. The Labute approximate surface area is 184 Å². The minimum atomic E-state index is -0.358. The number of amides is 2. The first-order valence-electron chi connectivity index (χ1n) is 9.57. The van der Waals surface area contributed by atoms with Crippen molar-refractivity contribution in [3.8, 4) is 0 Å². The third-order valence-corrected chi connectivity index (χ3v) is 4.77. The number of fused-ring (bicyclic) bond motifs is 1. The lowest BCUT2D eigenvalue weighted by Crippen LogP contribution is -2.34.